The SMILES string of the molecule is CC1C(=O)SC1(C)C. The molecule has 0 amide bonds. The molecule has 1 nitrogen and oxygen atoms in total. The van der Waals surface area contributed by atoms with Gasteiger partial charge < -0.3 is 0 Å². The molecule has 0 aliphatic carbocycles. The topological polar surface area (TPSA) is 17.1 Å². The summed E-state index contributed by atoms with van der Waals surface area (Å²) >= 11 is 1.45. The molecular formula is C6H10OS. The molecule has 1 fully saturated rings. The lowest BCUT2D eigenvalue weighted by Crippen LogP contribution is -2.42. The minimum Gasteiger partial charge on any atom is -0.287 e. The van der Waals surface area contributed by atoms with E-state index in [4.69, 9.17) is 0 Å². The van der Waals surface area contributed by atoms with Crippen molar-refractivity contribution in [1.29, 1.82) is 0 Å². The lowest BCUT2D eigenvalue weighted by atomic mass is 9.97. The molecule has 1 heterocycles. The van der Waals surface area contributed by atoms with Gasteiger partial charge in [-0.25, -0.2) is 0 Å². The standard InChI is InChI=1S/C6H10OS/c1-4-5(7)8-6(4,2)3/h4H,1-3H3. The Balaban J connectivity index is 2.60. The van der Waals surface area contributed by atoms with Crippen LogP contribution in [0.15, 0.2) is 0 Å². The summed E-state index contributed by atoms with van der Waals surface area (Å²) in [6.45, 7) is 6.19. The summed E-state index contributed by atoms with van der Waals surface area (Å²) in [5.74, 6) is 0.271. The van der Waals surface area contributed by atoms with Crippen molar-refractivity contribution >= 4 is 16.9 Å². The molecule has 0 saturated carbocycles. The maximum Gasteiger partial charge on any atom is 0.193 e. The molecule has 1 atom stereocenters. The molecule has 2 heteroatoms. The lowest BCUT2D eigenvalue weighted by molar-refractivity contribution is -0.116. The van der Waals surface area contributed by atoms with Crippen molar-refractivity contribution in [2.24, 2.45) is 5.92 Å². The molecular weight excluding hydrogens is 120 g/mol. The van der Waals surface area contributed by atoms with Crippen LogP contribution in [0, 0.1) is 5.92 Å². The maximum absolute atomic E-state index is 10.6. The molecule has 1 saturated heterocycles. The van der Waals surface area contributed by atoms with E-state index >= 15 is 0 Å². The lowest BCUT2D eigenvalue weighted by Gasteiger charge is -2.38. The Hall–Kier alpha value is 0.0200. The third-order valence-corrected chi connectivity index (χ3v) is 3.19. The molecule has 0 aromatic heterocycles. The summed E-state index contributed by atoms with van der Waals surface area (Å²) in [6.07, 6.45) is 0. The van der Waals surface area contributed by atoms with Crippen LogP contribution >= 0.6 is 11.8 Å². The van der Waals surface area contributed by atoms with Crippen LogP contribution in [-0.4, -0.2) is 9.86 Å². The summed E-state index contributed by atoms with van der Waals surface area (Å²) in [5, 5.41) is 0.343. The van der Waals surface area contributed by atoms with Crippen LogP contribution in [0.4, 0.5) is 0 Å². The van der Waals surface area contributed by atoms with Gasteiger partial charge in [-0.2, -0.15) is 0 Å². The van der Waals surface area contributed by atoms with E-state index in [1.807, 2.05) is 6.92 Å². The van der Waals surface area contributed by atoms with E-state index in [0.717, 1.165) is 0 Å². The second-order valence-corrected chi connectivity index (χ2v) is 4.40. The van der Waals surface area contributed by atoms with E-state index in [0.29, 0.717) is 5.12 Å². The number of hydrogen-bond acceptors (Lipinski definition) is 2. The zero-order valence-corrected chi connectivity index (χ0v) is 6.21. The molecule has 1 rings (SSSR count). The van der Waals surface area contributed by atoms with E-state index < -0.39 is 0 Å². The van der Waals surface area contributed by atoms with Crippen molar-refractivity contribution in [3.8, 4) is 0 Å². The number of thioether (sulfide) groups is 1. The van der Waals surface area contributed by atoms with Crippen LogP contribution in [-0.2, 0) is 4.79 Å². The van der Waals surface area contributed by atoms with Gasteiger partial charge in [-0.1, -0.05) is 18.7 Å². The molecule has 0 N–H and O–H groups in total. The summed E-state index contributed by atoms with van der Waals surface area (Å²) < 4.78 is 0.219. The molecule has 0 radical (unpaired) electrons. The molecule has 1 aliphatic heterocycles. The van der Waals surface area contributed by atoms with Gasteiger partial charge in [0.1, 0.15) is 0 Å². The molecule has 0 aromatic rings. The summed E-state index contributed by atoms with van der Waals surface area (Å²) in [5.41, 5.74) is 0. The summed E-state index contributed by atoms with van der Waals surface area (Å²) in [6, 6.07) is 0. The van der Waals surface area contributed by atoms with Crippen LogP contribution in [0.5, 0.6) is 0 Å². The fourth-order valence-electron chi connectivity index (χ4n) is 0.662. The number of carbonyl (C=O) groups is 1. The zero-order valence-electron chi connectivity index (χ0n) is 5.39. The highest BCUT2D eigenvalue weighted by atomic mass is 32.2. The highest BCUT2D eigenvalue weighted by Gasteiger charge is 2.44. The summed E-state index contributed by atoms with van der Waals surface area (Å²) in [4.78, 5) is 10.6. The first-order valence-corrected chi connectivity index (χ1v) is 3.58. The normalized spacial score (nSPS) is 34.4. The molecule has 0 bridgehead atoms. The van der Waals surface area contributed by atoms with Crippen molar-refractivity contribution in [2.75, 3.05) is 0 Å². The van der Waals surface area contributed by atoms with Gasteiger partial charge >= 0.3 is 0 Å². The molecule has 8 heavy (non-hydrogen) atoms. The Bertz CT molecular complexity index is 128. The van der Waals surface area contributed by atoms with Gasteiger partial charge in [0, 0.05) is 10.7 Å². The minimum atomic E-state index is 0.219. The smallest absolute Gasteiger partial charge is 0.193 e. The number of carbonyl (C=O) groups excluding carboxylic acids is 1. The summed E-state index contributed by atoms with van der Waals surface area (Å²) in [7, 11) is 0. The first-order chi connectivity index (χ1) is 3.54. The third-order valence-electron chi connectivity index (χ3n) is 1.76. The van der Waals surface area contributed by atoms with Crippen molar-refractivity contribution in [3.05, 3.63) is 0 Å². The minimum absolute atomic E-state index is 0.219. The number of rotatable bonds is 0. The highest BCUT2D eigenvalue weighted by molar-refractivity contribution is 8.17. The van der Waals surface area contributed by atoms with Crippen LogP contribution in [0.2, 0.25) is 0 Å². The van der Waals surface area contributed by atoms with E-state index in [-0.39, 0.29) is 10.7 Å². The van der Waals surface area contributed by atoms with Crippen molar-refractivity contribution in [3.63, 3.8) is 0 Å². The van der Waals surface area contributed by atoms with Crippen molar-refractivity contribution < 1.29 is 4.79 Å². The maximum atomic E-state index is 10.6. The van der Waals surface area contributed by atoms with Crippen LogP contribution in [0.3, 0.4) is 0 Å². The average molecular weight is 130 g/mol. The Morgan fingerprint density at radius 3 is 2.12 bits per heavy atom. The molecule has 0 spiro atoms. The largest absolute Gasteiger partial charge is 0.287 e. The van der Waals surface area contributed by atoms with Crippen molar-refractivity contribution in [1.82, 2.24) is 0 Å². The second-order valence-electron chi connectivity index (χ2n) is 2.75. The number of hydrogen-bond donors (Lipinski definition) is 0. The van der Waals surface area contributed by atoms with E-state index in [1.165, 1.54) is 11.8 Å². The van der Waals surface area contributed by atoms with Crippen LogP contribution in [0.1, 0.15) is 20.8 Å². The molecule has 46 valence electrons. The van der Waals surface area contributed by atoms with Gasteiger partial charge in [-0.3, -0.25) is 4.79 Å². The predicted octanol–water partition coefficient (Wildman–Crippen LogP) is 1.67. The molecule has 1 unspecified atom stereocenters. The van der Waals surface area contributed by atoms with E-state index in [1.54, 1.807) is 0 Å². The zero-order chi connectivity index (χ0) is 6.36. The van der Waals surface area contributed by atoms with E-state index in [2.05, 4.69) is 13.8 Å². The molecule has 0 aromatic carbocycles. The van der Waals surface area contributed by atoms with Gasteiger partial charge in [-0.05, 0) is 13.8 Å². The Labute approximate surface area is 53.8 Å². The second kappa shape index (κ2) is 1.50. The van der Waals surface area contributed by atoms with Crippen LogP contribution < -0.4 is 0 Å². The quantitative estimate of drug-likeness (QED) is 0.496. The predicted molar refractivity (Wildman–Crippen MR) is 35.8 cm³/mol. The molecule has 1 aliphatic rings. The van der Waals surface area contributed by atoms with Crippen LogP contribution in [0.25, 0.3) is 0 Å². The van der Waals surface area contributed by atoms with E-state index in [9.17, 15) is 4.79 Å². The Morgan fingerprint density at radius 2 is 2.12 bits per heavy atom. The fraction of sp³-hybridized carbons (Fsp3) is 0.833. The van der Waals surface area contributed by atoms with Gasteiger partial charge in [-0.15, -0.1) is 0 Å². The van der Waals surface area contributed by atoms with Gasteiger partial charge in [0.05, 0.1) is 0 Å². The monoisotopic (exact) mass is 130 g/mol. The van der Waals surface area contributed by atoms with Crippen molar-refractivity contribution in [2.45, 2.75) is 25.5 Å². The average Bonchev–Trinajstić information content (AvgIpc) is 1.65. The van der Waals surface area contributed by atoms with Gasteiger partial charge in [0.2, 0.25) is 0 Å². The van der Waals surface area contributed by atoms with Gasteiger partial charge in [0.25, 0.3) is 0 Å². The third kappa shape index (κ3) is 0.672. The van der Waals surface area contributed by atoms with Gasteiger partial charge in [0.15, 0.2) is 5.12 Å². The highest BCUT2D eigenvalue weighted by Crippen LogP contribution is 2.46. The first-order valence-electron chi connectivity index (χ1n) is 2.77. The first kappa shape index (κ1) is 6.14. The Morgan fingerprint density at radius 1 is 1.62 bits per heavy atom. The Kier molecular flexibility index (Phi) is 1.15. The fourth-order valence-corrected chi connectivity index (χ4v) is 1.75.